The molecule has 0 bridgehead atoms. The number of nitriles is 1. The lowest BCUT2D eigenvalue weighted by Crippen LogP contribution is -2.21. The first-order valence-electron chi connectivity index (χ1n) is 8.39. The third kappa shape index (κ3) is 2.58. The first-order valence-corrected chi connectivity index (χ1v) is 8.77. The normalized spacial score (nSPS) is 11.1. The molecule has 2 aromatic carbocycles. The molecule has 4 nitrogen and oxygen atoms in total. The predicted octanol–water partition coefficient (Wildman–Crippen LogP) is 4.40. The second-order valence-electron chi connectivity index (χ2n) is 6.35. The van der Waals surface area contributed by atoms with Crippen LogP contribution in [0.25, 0.3) is 16.7 Å². The van der Waals surface area contributed by atoms with Gasteiger partial charge in [0, 0.05) is 10.6 Å². The summed E-state index contributed by atoms with van der Waals surface area (Å²) in [6.07, 6.45) is 1.29. The number of pyridine rings is 1. The number of nitrogens with zero attached hydrogens (tertiary/aromatic N) is 2. The summed E-state index contributed by atoms with van der Waals surface area (Å²) in [4.78, 5) is 16.4. The van der Waals surface area contributed by atoms with Gasteiger partial charge < -0.3 is 4.98 Å². The number of aromatic amines is 1. The lowest BCUT2D eigenvalue weighted by Gasteiger charge is -2.09. The minimum Gasteiger partial charge on any atom is -0.338 e. The zero-order chi connectivity index (χ0) is 18.3. The van der Waals surface area contributed by atoms with E-state index in [1.165, 1.54) is 0 Å². The predicted molar refractivity (Wildman–Crippen MR) is 104 cm³/mol. The highest BCUT2D eigenvalue weighted by molar-refractivity contribution is 6.30. The molecule has 4 rings (SSSR count). The number of hydrogen-bond donors (Lipinski definition) is 1. The molecule has 4 aromatic rings. The quantitative estimate of drug-likeness (QED) is 0.588. The lowest BCUT2D eigenvalue weighted by molar-refractivity contribution is 0.911. The van der Waals surface area contributed by atoms with Gasteiger partial charge in [-0.05, 0) is 55.2 Å². The largest absolute Gasteiger partial charge is 0.338 e. The highest BCUT2D eigenvalue weighted by Crippen LogP contribution is 2.22. The molecule has 0 saturated heterocycles. The Hall–Kier alpha value is -3.03. The van der Waals surface area contributed by atoms with Gasteiger partial charge in [-0.25, -0.2) is 0 Å². The first kappa shape index (κ1) is 16.4. The SMILES string of the molecule is Cc1c(CCc2ccc(Cl)cc2)c(=O)n2c([nH]c3ccccc32)c1C#N. The molecule has 0 unspecified atom stereocenters. The van der Waals surface area contributed by atoms with Gasteiger partial charge >= 0.3 is 0 Å². The number of aromatic nitrogens is 2. The van der Waals surface area contributed by atoms with Crippen LogP contribution in [0.5, 0.6) is 0 Å². The molecule has 0 spiro atoms. The van der Waals surface area contributed by atoms with Crippen LogP contribution in [0.4, 0.5) is 0 Å². The van der Waals surface area contributed by atoms with Crippen LogP contribution < -0.4 is 5.56 Å². The molecule has 2 heterocycles. The van der Waals surface area contributed by atoms with E-state index in [1.807, 2.05) is 55.5 Å². The summed E-state index contributed by atoms with van der Waals surface area (Å²) in [5.41, 5.74) is 5.18. The van der Waals surface area contributed by atoms with Crippen molar-refractivity contribution in [3.63, 3.8) is 0 Å². The summed E-state index contributed by atoms with van der Waals surface area (Å²) >= 11 is 5.93. The van der Waals surface area contributed by atoms with Crippen molar-refractivity contribution in [3.05, 3.63) is 86.2 Å². The molecule has 5 heteroatoms. The minimum atomic E-state index is -0.0667. The summed E-state index contributed by atoms with van der Waals surface area (Å²) in [7, 11) is 0. The van der Waals surface area contributed by atoms with Crippen LogP contribution in [-0.4, -0.2) is 9.38 Å². The van der Waals surface area contributed by atoms with Gasteiger partial charge in [0.15, 0.2) is 0 Å². The average Bonchev–Trinajstić information content (AvgIpc) is 3.03. The number of halogens is 1. The summed E-state index contributed by atoms with van der Waals surface area (Å²) in [6, 6.07) is 17.5. The third-order valence-corrected chi connectivity index (χ3v) is 5.09. The van der Waals surface area contributed by atoms with Crippen molar-refractivity contribution < 1.29 is 0 Å². The molecule has 0 amide bonds. The second kappa shape index (κ2) is 6.36. The maximum absolute atomic E-state index is 13.2. The van der Waals surface area contributed by atoms with Gasteiger partial charge in [0.2, 0.25) is 0 Å². The van der Waals surface area contributed by atoms with Crippen LogP contribution in [0, 0.1) is 18.3 Å². The van der Waals surface area contributed by atoms with Crippen LogP contribution in [-0.2, 0) is 12.8 Å². The molecule has 0 aliphatic rings. The van der Waals surface area contributed by atoms with Gasteiger partial charge in [-0.2, -0.15) is 5.26 Å². The van der Waals surface area contributed by atoms with Crippen LogP contribution in [0.2, 0.25) is 5.02 Å². The summed E-state index contributed by atoms with van der Waals surface area (Å²) < 4.78 is 1.62. The zero-order valence-electron chi connectivity index (χ0n) is 14.2. The maximum Gasteiger partial charge on any atom is 0.260 e. The summed E-state index contributed by atoms with van der Waals surface area (Å²) in [5.74, 6) is 0. The van der Waals surface area contributed by atoms with Gasteiger partial charge in [0.1, 0.15) is 11.7 Å². The van der Waals surface area contributed by atoms with Gasteiger partial charge in [-0.15, -0.1) is 0 Å². The van der Waals surface area contributed by atoms with Gasteiger partial charge in [0.25, 0.3) is 5.56 Å². The van der Waals surface area contributed by atoms with E-state index in [2.05, 4.69) is 11.1 Å². The third-order valence-electron chi connectivity index (χ3n) is 4.84. The van der Waals surface area contributed by atoms with Crippen molar-refractivity contribution in [1.29, 1.82) is 5.26 Å². The second-order valence-corrected chi connectivity index (χ2v) is 6.78. The molecule has 0 atom stereocenters. The van der Waals surface area contributed by atoms with E-state index in [0.717, 1.165) is 22.2 Å². The molecule has 0 radical (unpaired) electrons. The van der Waals surface area contributed by atoms with E-state index in [0.29, 0.717) is 34.6 Å². The molecule has 2 aromatic heterocycles. The monoisotopic (exact) mass is 361 g/mol. The van der Waals surface area contributed by atoms with Crippen LogP contribution in [0.3, 0.4) is 0 Å². The van der Waals surface area contributed by atoms with Crippen LogP contribution in [0.15, 0.2) is 53.3 Å². The van der Waals surface area contributed by atoms with Crippen molar-refractivity contribution >= 4 is 28.3 Å². The number of nitrogens with one attached hydrogen (secondary N) is 1. The molecule has 0 aliphatic heterocycles. The molecule has 128 valence electrons. The molecular formula is C21H16ClN3O. The van der Waals surface area contributed by atoms with E-state index in [4.69, 9.17) is 11.6 Å². The van der Waals surface area contributed by atoms with Crippen molar-refractivity contribution in [2.24, 2.45) is 0 Å². The smallest absolute Gasteiger partial charge is 0.260 e. The number of aryl methyl sites for hydroxylation is 1. The average molecular weight is 362 g/mol. The molecule has 1 N–H and O–H groups in total. The Morgan fingerprint density at radius 2 is 1.85 bits per heavy atom. The Morgan fingerprint density at radius 1 is 1.12 bits per heavy atom. The number of rotatable bonds is 3. The van der Waals surface area contributed by atoms with E-state index in [9.17, 15) is 10.1 Å². The topological polar surface area (TPSA) is 61.1 Å². The fraction of sp³-hybridized carbons (Fsp3) is 0.143. The van der Waals surface area contributed by atoms with E-state index in [-0.39, 0.29) is 5.56 Å². The van der Waals surface area contributed by atoms with Gasteiger partial charge in [-0.1, -0.05) is 35.9 Å². The summed E-state index contributed by atoms with van der Waals surface area (Å²) in [5, 5.41) is 10.4. The van der Waals surface area contributed by atoms with E-state index >= 15 is 0 Å². The number of H-pyrrole nitrogens is 1. The van der Waals surface area contributed by atoms with Crippen molar-refractivity contribution in [2.45, 2.75) is 19.8 Å². The molecular weight excluding hydrogens is 346 g/mol. The minimum absolute atomic E-state index is 0.0667. The highest BCUT2D eigenvalue weighted by Gasteiger charge is 2.18. The Balaban J connectivity index is 1.89. The van der Waals surface area contributed by atoms with Crippen LogP contribution >= 0.6 is 11.6 Å². The standard InChI is InChI=1S/C21H16ClN3O/c1-13-16(11-8-14-6-9-15(22)10-7-14)21(26)25-19-5-3-2-4-18(19)24-20(25)17(13)12-23/h2-7,9-10,24H,8,11H2,1H3. The Labute approximate surface area is 155 Å². The first-order chi connectivity index (χ1) is 12.6. The Morgan fingerprint density at radius 3 is 2.58 bits per heavy atom. The van der Waals surface area contributed by atoms with E-state index < -0.39 is 0 Å². The molecule has 26 heavy (non-hydrogen) atoms. The molecule has 0 saturated carbocycles. The number of fused-ring (bicyclic) bond motifs is 3. The molecule has 0 fully saturated rings. The van der Waals surface area contributed by atoms with Crippen molar-refractivity contribution in [2.75, 3.05) is 0 Å². The van der Waals surface area contributed by atoms with Crippen LogP contribution in [0.1, 0.15) is 22.3 Å². The summed E-state index contributed by atoms with van der Waals surface area (Å²) in [6.45, 7) is 1.85. The maximum atomic E-state index is 13.2. The Bertz CT molecular complexity index is 1230. The van der Waals surface area contributed by atoms with Gasteiger partial charge in [0.05, 0.1) is 16.6 Å². The fourth-order valence-corrected chi connectivity index (χ4v) is 3.56. The zero-order valence-corrected chi connectivity index (χ0v) is 15.0. The lowest BCUT2D eigenvalue weighted by atomic mass is 9.99. The number of para-hydroxylation sites is 2. The van der Waals surface area contributed by atoms with E-state index in [1.54, 1.807) is 4.40 Å². The molecule has 0 aliphatic carbocycles. The Kier molecular flexibility index (Phi) is 4.02. The number of hydrogen-bond acceptors (Lipinski definition) is 2. The number of imidazole rings is 1. The fourth-order valence-electron chi connectivity index (χ4n) is 3.44. The van der Waals surface area contributed by atoms with Crippen molar-refractivity contribution in [1.82, 2.24) is 9.38 Å². The van der Waals surface area contributed by atoms with Gasteiger partial charge in [-0.3, -0.25) is 9.20 Å². The van der Waals surface area contributed by atoms with Crippen molar-refractivity contribution in [3.8, 4) is 6.07 Å². The highest BCUT2D eigenvalue weighted by atomic mass is 35.5. The number of benzene rings is 2.